The highest BCUT2D eigenvalue weighted by atomic mass is 79.9. The minimum atomic E-state index is 0.256. The van der Waals surface area contributed by atoms with E-state index >= 15 is 0 Å². The van der Waals surface area contributed by atoms with E-state index in [-0.39, 0.29) is 5.78 Å². The molecule has 1 aromatic rings. The molecular formula is C13H13BrClNO. The number of anilines is 1. The number of allylic oxidation sites excluding steroid dienone is 1. The van der Waals surface area contributed by atoms with Crippen molar-refractivity contribution < 1.29 is 4.79 Å². The first-order valence-electron chi connectivity index (χ1n) is 5.60. The van der Waals surface area contributed by atoms with E-state index in [1.807, 2.05) is 18.2 Å². The number of carbonyl (C=O) groups excluding carboxylic acids is 1. The quantitative estimate of drug-likeness (QED) is 0.812. The van der Waals surface area contributed by atoms with Gasteiger partial charge in [-0.1, -0.05) is 11.6 Å². The molecular weight excluding hydrogens is 302 g/mol. The minimum Gasteiger partial charge on any atom is -0.361 e. The molecule has 90 valence electrons. The number of Topliss-reactive ketones (excluding diaryl/α,β-unsaturated/α-hetero) is 1. The lowest BCUT2D eigenvalue weighted by Crippen LogP contribution is -2.09. The third-order valence-electron chi connectivity index (χ3n) is 2.79. The summed E-state index contributed by atoms with van der Waals surface area (Å²) in [6, 6.07) is 5.63. The molecule has 0 saturated heterocycles. The number of carbonyl (C=O) groups is 1. The largest absolute Gasteiger partial charge is 0.361 e. The van der Waals surface area contributed by atoms with Crippen LogP contribution >= 0.6 is 27.5 Å². The Morgan fingerprint density at radius 2 is 2.06 bits per heavy atom. The van der Waals surface area contributed by atoms with Crippen LogP contribution in [0.15, 0.2) is 34.4 Å². The van der Waals surface area contributed by atoms with Crippen LogP contribution in [0.2, 0.25) is 5.02 Å². The molecule has 1 aliphatic carbocycles. The maximum absolute atomic E-state index is 11.6. The first kappa shape index (κ1) is 12.7. The van der Waals surface area contributed by atoms with Crippen molar-refractivity contribution in [1.82, 2.24) is 0 Å². The average Bonchev–Trinajstić information content (AvgIpc) is 2.32. The predicted molar refractivity (Wildman–Crippen MR) is 74.3 cm³/mol. The minimum absolute atomic E-state index is 0.256. The Hall–Kier alpha value is -0.800. The van der Waals surface area contributed by atoms with Crippen molar-refractivity contribution in [3.05, 3.63) is 39.5 Å². The lowest BCUT2D eigenvalue weighted by molar-refractivity contribution is -0.116. The molecule has 1 saturated carbocycles. The predicted octanol–water partition coefficient (Wildman–Crippen LogP) is 4.54. The zero-order valence-electron chi connectivity index (χ0n) is 9.30. The zero-order valence-corrected chi connectivity index (χ0v) is 11.6. The Labute approximate surface area is 114 Å². The van der Waals surface area contributed by atoms with E-state index in [1.165, 1.54) is 0 Å². The van der Waals surface area contributed by atoms with Gasteiger partial charge in [-0.25, -0.2) is 0 Å². The van der Waals surface area contributed by atoms with Gasteiger partial charge in [0.05, 0.1) is 5.02 Å². The van der Waals surface area contributed by atoms with Crippen LogP contribution < -0.4 is 5.32 Å². The number of halogens is 2. The van der Waals surface area contributed by atoms with Crippen LogP contribution in [0.25, 0.3) is 0 Å². The summed E-state index contributed by atoms with van der Waals surface area (Å²) in [7, 11) is 0. The third-order valence-corrected chi connectivity index (χ3v) is 4.02. The Balaban J connectivity index is 2.08. The van der Waals surface area contributed by atoms with Gasteiger partial charge < -0.3 is 5.32 Å². The van der Waals surface area contributed by atoms with Crippen molar-refractivity contribution in [2.45, 2.75) is 25.7 Å². The summed E-state index contributed by atoms with van der Waals surface area (Å²) in [6.07, 6.45) is 5.46. The molecule has 0 aromatic heterocycles. The molecule has 0 amide bonds. The molecule has 2 nitrogen and oxygen atoms in total. The van der Waals surface area contributed by atoms with Crippen LogP contribution in [0.5, 0.6) is 0 Å². The van der Waals surface area contributed by atoms with Crippen molar-refractivity contribution in [2.75, 3.05) is 5.32 Å². The summed E-state index contributed by atoms with van der Waals surface area (Å²) >= 11 is 9.33. The molecule has 0 radical (unpaired) electrons. The number of nitrogens with one attached hydrogen (secondary N) is 1. The smallest absolute Gasteiger partial charge is 0.160 e. The Morgan fingerprint density at radius 3 is 2.76 bits per heavy atom. The van der Waals surface area contributed by atoms with Crippen LogP contribution in [0, 0.1) is 0 Å². The fourth-order valence-electron chi connectivity index (χ4n) is 1.81. The van der Waals surface area contributed by atoms with E-state index in [4.69, 9.17) is 11.6 Å². The topological polar surface area (TPSA) is 29.1 Å². The molecule has 1 aromatic carbocycles. The molecule has 0 atom stereocenters. The Morgan fingerprint density at radius 1 is 1.29 bits per heavy atom. The maximum Gasteiger partial charge on any atom is 0.160 e. The second-order valence-corrected chi connectivity index (χ2v) is 5.33. The molecule has 0 aliphatic heterocycles. The van der Waals surface area contributed by atoms with E-state index in [0.717, 1.165) is 35.0 Å². The van der Waals surface area contributed by atoms with E-state index in [0.29, 0.717) is 11.4 Å². The summed E-state index contributed by atoms with van der Waals surface area (Å²) in [6.45, 7) is 0. The zero-order chi connectivity index (χ0) is 12.3. The molecule has 4 heteroatoms. The van der Waals surface area contributed by atoms with Crippen molar-refractivity contribution in [3.8, 4) is 0 Å². The van der Waals surface area contributed by atoms with Gasteiger partial charge in [-0.2, -0.15) is 0 Å². The number of hydrogen-bond acceptors (Lipinski definition) is 2. The molecule has 1 aliphatic rings. The third kappa shape index (κ3) is 3.33. The van der Waals surface area contributed by atoms with E-state index in [9.17, 15) is 4.79 Å². The second kappa shape index (κ2) is 5.69. The van der Waals surface area contributed by atoms with Gasteiger partial charge in [-0.15, -0.1) is 0 Å². The van der Waals surface area contributed by atoms with Gasteiger partial charge in [0, 0.05) is 28.4 Å². The summed E-state index contributed by atoms with van der Waals surface area (Å²) in [5.41, 5.74) is 1.78. The van der Waals surface area contributed by atoms with Crippen molar-refractivity contribution in [1.29, 1.82) is 0 Å². The summed E-state index contributed by atoms with van der Waals surface area (Å²) < 4.78 is 0.867. The van der Waals surface area contributed by atoms with Gasteiger partial charge in [-0.3, -0.25) is 4.79 Å². The van der Waals surface area contributed by atoms with Gasteiger partial charge in [0.2, 0.25) is 0 Å². The normalized spacial score (nSPS) is 18.5. The fourth-order valence-corrected chi connectivity index (χ4v) is 2.24. The van der Waals surface area contributed by atoms with Crippen LogP contribution in [0.1, 0.15) is 25.7 Å². The highest BCUT2D eigenvalue weighted by Crippen LogP contribution is 2.26. The molecule has 0 unspecified atom stereocenters. The maximum atomic E-state index is 11.6. The van der Waals surface area contributed by atoms with Crippen LogP contribution in [0.4, 0.5) is 5.69 Å². The van der Waals surface area contributed by atoms with Crippen LogP contribution in [-0.4, -0.2) is 5.78 Å². The van der Waals surface area contributed by atoms with Gasteiger partial charge in [0.1, 0.15) is 0 Å². The summed E-state index contributed by atoms with van der Waals surface area (Å²) in [4.78, 5) is 11.6. The first-order chi connectivity index (χ1) is 8.16. The Kier molecular flexibility index (Phi) is 4.24. The van der Waals surface area contributed by atoms with Crippen LogP contribution in [-0.2, 0) is 4.79 Å². The van der Waals surface area contributed by atoms with Crippen molar-refractivity contribution >= 4 is 39.0 Å². The van der Waals surface area contributed by atoms with Gasteiger partial charge in [0.15, 0.2) is 5.78 Å². The van der Waals surface area contributed by atoms with Gasteiger partial charge in [0.25, 0.3) is 0 Å². The summed E-state index contributed by atoms with van der Waals surface area (Å²) in [5.74, 6) is 0.256. The van der Waals surface area contributed by atoms with Crippen molar-refractivity contribution in [3.63, 3.8) is 0 Å². The monoisotopic (exact) mass is 313 g/mol. The molecule has 2 rings (SSSR count). The number of hydrogen-bond donors (Lipinski definition) is 1. The highest BCUT2D eigenvalue weighted by molar-refractivity contribution is 9.10. The van der Waals surface area contributed by atoms with Crippen LogP contribution in [0.3, 0.4) is 0 Å². The lowest BCUT2D eigenvalue weighted by Gasteiger charge is -2.13. The number of rotatable bonds is 2. The molecule has 0 spiro atoms. The molecule has 17 heavy (non-hydrogen) atoms. The fraction of sp³-hybridized carbons (Fsp3) is 0.308. The molecule has 1 N–H and O–H groups in total. The van der Waals surface area contributed by atoms with E-state index < -0.39 is 0 Å². The SMILES string of the molecule is O=C1CCCC/C1=C/Nc1ccc(Br)c(Cl)c1. The standard InChI is InChI=1S/C13H13BrClNO/c14-11-6-5-10(7-12(11)15)16-8-9-3-1-2-4-13(9)17/h5-8,16H,1-4H2/b9-8-. The first-order valence-corrected chi connectivity index (χ1v) is 6.78. The van der Waals surface area contributed by atoms with E-state index in [2.05, 4.69) is 21.2 Å². The molecule has 0 bridgehead atoms. The summed E-state index contributed by atoms with van der Waals surface area (Å²) in [5, 5.41) is 3.78. The number of benzene rings is 1. The van der Waals surface area contributed by atoms with E-state index in [1.54, 1.807) is 6.20 Å². The van der Waals surface area contributed by atoms with Gasteiger partial charge in [-0.05, 0) is 53.4 Å². The average molecular weight is 315 g/mol. The van der Waals surface area contributed by atoms with Crippen molar-refractivity contribution in [2.24, 2.45) is 0 Å². The number of ketones is 1. The van der Waals surface area contributed by atoms with Gasteiger partial charge >= 0.3 is 0 Å². The Bertz CT molecular complexity index is 470. The highest BCUT2D eigenvalue weighted by Gasteiger charge is 2.14. The molecule has 0 heterocycles. The lowest BCUT2D eigenvalue weighted by atomic mass is 9.94. The second-order valence-electron chi connectivity index (χ2n) is 4.07. The molecule has 1 fully saturated rings.